The van der Waals surface area contributed by atoms with Crippen LogP contribution in [0, 0.1) is 5.92 Å². The van der Waals surface area contributed by atoms with Gasteiger partial charge in [-0.1, -0.05) is 62.7 Å². The summed E-state index contributed by atoms with van der Waals surface area (Å²) in [5.41, 5.74) is 4.62. The van der Waals surface area contributed by atoms with Gasteiger partial charge in [0.15, 0.2) is 0 Å². The maximum absolute atomic E-state index is 14.2. The van der Waals surface area contributed by atoms with E-state index in [1.165, 1.54) is 11.1 Å². The third-order valence-electron chi connectivity index (χ3n) is 12.8. The van der Waals surface area contributed by atoms with Crippen molar-refractivity contribution >= 4 is 68.3 Å². The number of anilines is 1. The summed E-state index contributed by atoms with van der Waals surface area (Å²) < 4.78 is 23.5. The number of halogens is 1. The Hall–Kier alpha value is -6.32. The molecule has 2 aromatic carbocycles. The molecule has 1 aromatic heterocycles. The van der Waals surface area contributed by atoms with E-state index in [2.05, 4.69) is 46.9 Å². The SMILES string of the molecule is CC[C@H](C)[C@H](NC(=O)CNC(=O)CNC(=O)Cc1ccc(CN2CCN3CCN(CC2)CC(=O)[O][Al]([F])[O]C(=O)C3)cc1)C(=O)N[C@H]1CCc2cccc3c2N(C1=O)[C@H](C(=O)NCc1cn[nH]n1)C3. The number of aryl methyl sites for hydroxylation is 1. The lowest BCUT2D eigenvalue weighted by Crippen LogP contribution is -2.58. The molecule has 6 amide bonds. The summed E-state index contributed by atoms with van der Waals surface area (Å²) in [7, 11) is 0. The fourth-order valence-corrected chi connectivity index (χ4v) is 9.40. The molecule has 5 heterocycles. The molecule has 2 unspecified atom stereocenters. The van der Waals surface area contributed by atoms with Crippen LogP contribution in [0.5, 0.6) is 0 Å². The highest BCUT2D eigenvalue weighted by atomic mass is 27.3. The van der Waals surface area contributed by atoms with Gasteiger partial charge in [0, 0.05) is 52.2 Å². The van der Waals surface area contributed by atoms with Gasteiger partial charge in [-0.05, 0) is 41.0 Å². The van der Waals surface area contributed by atoms with Crippen LogP contribution in [-0.4, -0.2) is 176 Å². The molecule has 0 radical (unpaired) electrons. The smallest absolute Gasteiger partial charge is 0.558 e. The summed E-state index contributed by atoms with van der Waals surface area (Å²) in [5.74, 6) is -4.93. The molecule has 0 aliphatic carbocycles. The van der Waals surface area contributed by atoms with Crippen molar-refractivity contribution in [3.8, 4) is 0 Å². The van der Waals surface area contributed by atoms with Crippen LogP contribution in [0.3, 0.4) is 0 Å². The first-order chi connectivity index (χ1) is 33.2. The predicted molar refractivity (Wildman–Crippen MR) is 245 cm³/mol. The van der Waals surface area contributed by atoms with Gasteiger partial charge in [-0.2, -0.15) is 15.4 Å². The second kappa shape index (κ2) is 23.8. The second-order valence-electron chi connectivity index (χ2n) is 17.7. The lowest BCUT2D eigenvalue weighted by Gasteiger charge is -2.30. The highest BCUT2D eigenvalue weighted by Crippen LogP contribution is 2.39. The summed E-state index contributed by atoms with van der Waals surface area (Å²) >= 11 is -3.89. The van der Waals surface area contributed by atoms with Crippen LogP contribution in [0.4, 0.5) is 9.21 Å². The van der Waals surface area contributed by atoms with E-state index in [1.54, 1.807) is 6.92 Å². The van der Waals surface area contributed by atoms with Crippen molar-refractivity contribution in [2.45, 2.75) is 77.2 Å². The standard InChI is InChI=1S/C45H60N12O10.Al.FH/c1-3-28(2)41(44(66)50-34-12-11-31-5-4-6-32-20-35(57(42(31)32)45(34)67)43(65)48-21-33-22-49-53-52-33)51-38(60)24-47-37(59)23-46-36(58)19-29-7-9-30(10-8-29)25-54-13-15-55(26-39(61)62)17-18-56(16-14-54)27-40(63)64;;/h4-10,22,28,34-35,41H,3,11-21,23-27H2,1-2H3,(H,46,58)(H,47,59)(H,48,65)(H,50,66)(H,51,60)(H,61,62)(H,63,64)(H,49,52,53);;1H/q;+3;/p-3/t28-,34-,35-,41-;;/m0../s1. The van der Waals surface area contributed by atoms with Crippen molar-refractivity contribution in [3.63, 3.8) is 0 Å². The summed E-state index contributed by atoms with van der Waals surface area (Å²) in [6.07, 6.45) is 3.03. The van der Waals surface area contributed by atoms with Crippen molar-refractivity contribution in [1.82, 2.24) is 56.7 Å². The van der Waals surface area contributed by atoms with E-state index in [9.17, 15) is 41.9 Å². The quantitative estimate of drug-likeness (QED) is 0.0874. The van der Waals surface area contributed by atoms with Crippen LogP contribution in [0.15, 0.2) is 48.7 Å². The number of nitrogens with zero attached hydrogens (tertiary/aromatic N) is 6. The van der Waals surface area contributed by atoms with E-state index in [0.717, 1.165) is 16.7 Å². The number of hydrogen-bond acceptors (Lipinski definition) is 15. The van der Waals surface area contributed by atoms with Crippen molar-refractivity contribution in [3.05, 3.63) is 76.6 Å². The molecule has 3 aromatic rings. The highest BCUT2D eigenvalue weighted by molar-refractivity contribution is 6.41. The maximum Gasteiger partial charge on any atom is 1.15 e. The zero-order valence-corrected chi connectivity index (χ0v) is 39.8. The molecular weight excluding hydrogens is 915 g/mol. The van der Waals surface area contributed by atoms with Crippen molar-refractivity contribution in [2.24, 2.45) is 5.92 Å². The number of aromatic nitrogens is 3. The molecule has 7 rings (SSSR count). The molecular formula is C45H58AlFN12O10. The number of fused-ring (bicyclic) bond motifs is 3. The number of rotatable bonds is 16. The van der Waals surface area contributed by atoms with Crippen LogP contribution < -0.4 is 31.5 Å². The van der Waals surface area contributed by atoms with Crippen molar-refractivity contribution < 1.29 is 49.5 Å². The molecule has 2 fully saturated rings. The van der Waals surface area contributed by atoms with Gasteiger partial charge < -0.3 is 37.7 Å². The number of H-pyrrole nitrogens is 1. The lowest BCUT2D eigenvalue weighted by molar-refractivity contribution is -0.142. The van der Waals surface area contributed by atoms with Gasteiger partial charge in [0.05, 0.1) is 51.0 Å². The first kappa shape index (κ1) is 50.6. The Morgan fingerprint density at radius 2 is 1.48 bits per heavy atom. The Morgan fingerprint density at radius 3 is 2.14 bits per heavy atom. The number of aromatic amines is 1. The van der Waals surface area contributed by atoms with E-state index < -0.39 is 88.0 Å². The average Bonchev–Trinajstić information content (AvgIpc) is 3.98. The molecule has 368 valence electrons. The molecule has 0 saturated carbocycles. The third-order valence-corrected chi connectivity index (χ3v) is 13.7. The normalized spacial score (nSPS) is 21.6. The number of nitrogens with one attached hydrogen (secondary N) is 6. The van der Waals surface area contributed by atoms with E-state index in [4.69, 9.17) is 7.58 Å². The Labute approximate surface area is 403 Å². The third kappa shape index (κ3) is 13.9. The number of amides is 6. The predicted octanol–water partition coefficient (Wildman–Crippen LogP) is -1.71. The van der Waals surface area contributed by atoms with Crippen LogP contribution >= 0.6 is 0 Å². The van der Waals surface area contributed by atoms with E-state index in [-0.39, 0.29) is 44.3 Å². The Balaban J connectivity index is 0.854. The average molecular weight is 973 g/mol. The lowest BCUT2D eigenvalue weighted by atomic mass is 9.97. The van der Waals surface area contributed by atoms with E-state index in [0.29, 0.717) is 82.0 Å². The minimum absolute atomic E-state index is 0.00562. The van der Waals surface area contributed by atoms with Gasteiger partial charge >= 0.3 is 15.3 Å². The Kier molecular flexibility index (Phi) is 17.4. The van der Waals surface area contributed by atoms with Crippen molar-refractivity contribution in [2.75, 3.05) is 70.3 Å². The number of benzene rings is 2. The number of hydrogen-bond donors (Lipinski definition) is 6. The minimum atomic E-state index is -3.89. The minimum Gasteiger partial charge on any atom is -0.558 e. The zero-order valence-electron chi connectivity index (χ0n) is 38.7. The molecule has 0 spiro atoms. The monoisotopic (exact) mass is 972 g/mol. The number of carbonyl (C=O) groups excluding carboxylic acids is 8. The molecule has 6 atom stereocenters. The van der Waals surface area contributed by atoms with Crippen LogP contribution in [0.25, 0.3) is 0 Å². The molecule has 4 aliphatic rings. The van der Waals surface area contributed by atoms with Gasteiger partial charge in [0.1, 0.15) is 23.8 Å². The van der Waals surface area contributed by atoms with Crippen LogP contribution in [0.1, 0.15) is 54.6 Å². The van der Waals surface area contributed by atoms with Gasteiger partial charge in [-0.25, -0.2) is 0 Å². The fraction of sp³-hybridized carbons (Fsp3) is 0.511. The largest absolute Gasteiger partial charge is 1.15 e. The van der Waals surface area contributed by atoms with Gasteiger partial charge in [-0.15, -0.1) is 0 Å². The van der Waals surface area contributed by atoms with Gasteiger partial charge in [0.25, 0.3) is 11.9 Å². The summed E-state index contributed by atoms with van der Waals surface area (Å²) in [4.78, 5) is 112. The fourth-order valence-electron chi connectivity index (χ4n) is 8.79. The molecule has 4 aliphatic heterocycles. The van der Waals surface area contributed by atoms with Crippen LogP contribution in [-0.2, 0) is 78.3 Å². The van der Waals surface area contributed by atoms with E-state index >= 15 is 0 Å². The Morgan fingerprint density at radius 1 is 0.841 bits per heavy atom. The van der Waals surface area contributed by atoms with Crippen LogP contribution in [0.2, 0.25) is 0 Å². The highest BCUT2D eigenvalue weighted by Gasteiger charge is 2.45. The van der Waals surface area contributed by atoms with Crippen molar-refractivity contribution in [1.29, 1.82) is 0 Å². The summed E-state index contributed by atoms with van der Waals surface area (Å²) in [6.45, 7) is 6.53. The second-order valence-corrected chi connectivity index (χ2v) is 18.7. The zero-order chi connectivity index (χ0) is 49.0. The molecule has 69 heavy (non-hydrogen) atoms. The molecule has 6 N–H and O–H groups in total. The molecule has 2 bridgehead atoms. The summed E-state index contributed by atoms with van der Waals surface area (Å²) in [5, 5.41) is 23.7. The molecule has 2 saturated heterocycles. The first-order valence-corrected chi connectivity index (χ1v) is 24.6. The number of carbonyl (C=O) groups is 8. The maximum atomic E-state index is 14.2. The van der Waals surface area contributed by atoms with E-state index in [1.807, 2.05) is 59.2 Å². The van der Waals surface area contributed by atoms with Gasteiger partial charge in [0.2, 0.25) is 35.4 Å². The molecule has 22 nitrogen and oxygen atoms in total. The van der Waals surface area contributed by atoms with Gasteiger partial charge in [-0.3, -0.25) is 58.0 Å². The number of para-hydroxylation sites is 1. The Bertz CT molecular complexity index is 2330. The molecule has 24 heteroatoms. The first-order valence-electron chi connectivity index (χ1n) is 23.2. The topological polar surface area (TPSA) is 270 Å². The summed E-state index contributed by atoms with van der Waals surface area (Å²) in [6, 6.07) is 10.2.